The first-order chi connectivity index (χ1) is 10.1. The highest BCUT2D eigenvalue weighted by atomic mass is 16.5. The second-order valence-corrected chi connectivity index (χ2v) is 5.70. The van der Waals surface area contributed by atoms with Gasteiger partial charge in [-0.2, -0.15) is 0 Å². The summed E-state index contributed by atoms with van der Waals surface area (Å²) in [5.74, 6) is -0.264. The predicted octanol–water partition coefficient (Wildman–Crippen LogP) is 2.21. The summed E-state index contributed by atoms with van der Waals surface area (Å²) in [6.07, 6.45) is 3.79. The highest BCUT2D eigenvalue weighted by Crippen LogP contribution is 2.24. The number of nitrogens with one attached hydrogen (secondary N) is 1. The van der Waals surface area contributed by atoms with Crippen molar-refractivity contribution in [3.05, 3.63) is 36.5 Å². The molecule has 2 aromatic rings. The van der Waals surface area contributed by atoms with Crippen molar-refractivity contribution in [3.63, 3.8) is 0 Å². The number of aromatic nitrogens is 1. The van der Waals surface area contributed by atoms with Crippen molar-refractivity contribution in [2.75, 3.05) is 6.61 Å². The fourth-order valence-electron chi connectivity index (χ4n) is 2.21. The molecule has 5 nitrogen and oxygen atoms in total. The molecule has 0 saturated heterocycles. The number of carbonyl (C=O) groups is 1. The van der Waals surface area contributed by atoms with E-state index in [4.69, 9.17) is 4.74 Å². The van der Waals surface area contributed by atoms with Crippen LogP contribution in [0.2, 0.25) is 0 Å². The molecule has 0 amide bonds. The molecule has 0 aliphatic heterocycles. The first-order valence-electron chi connectivity index (χ1n) is 7.05. The van der Waals surface area contributed by atoms with Gasteiger partial charge >= 0.3 is 5.97 Å². The van der Waals surface area contributed by atoms with Gasteiger partial charge in [-0.25, -0.2) is 0 Å². The Morgan fingerprint density at radius 2 is 2.29 bits per heavy atom. The summed E-state index contributed by atoms with van der Waals surface area (Å²) >= 11 is 0. The van der Waals surface area contributed by atoms with E-state index in [2.05, 4.69) is 10.3 Å². The van der Waals surface area contributed by atoms with Gasteiger partial charge in [0, 0.05) is 23.7 Å². The van der Waals surface area contributed by atoms with Crippen LogP contribution in [0, 0.1) is 0 Å². The van der Waals surface area contributed by atoms with Crippen LogP contribution in [0.25, 0.3) is 10.9 Å². The number of benzene rings is 1. The van der Waals surface area contributed by atoms with Crippen molar-refractivity contribution in [1.82, 2.24) is 10.3 Å². The minimum atomic E-state index is -1.07. The highest BCUT2D eigenvalue weighted by molar-refractivity contribution is 5.80. The van der Waals surface area contributed by atoms with E-state index in [1.165, 1.54) is 0 Å². The molecule has 1 aliphatic rings. The van der Waals surface area contributed by atoms with Crippen LogP contribution in [0.15, 0.2) is 36.5 Å². The smallest absolute Gasteiger partial charge is 0.327 e. The van der Waals surface area contributed by atoms with Crippen molar-refractivity contribution >= 4 is 16.9 Å². The van der Waals surface area contributed by atoms with Crippen molar-refractivity contribution in [3.8, 4) is 5.75 Å². The van der Waals surface area contributed by atoms with E-state index in [1.807, 2.05) is 30.3 Å². The third-order valence-electron chi connectivity index (χ3n) is 3.68. The first kappa shape index (κ1) is 13.8. The van der Waals surface area contributed by atoms with Crippen LogP contribution in [-0.2, 0) is 4.79 Å². The van der Waals surface area contributed by atoms with Crippen LogP contribution in [0.4, 0.5) is 0 Å². The van der Waals surface area contributed by atoms with E-state index in [0.29, 0.717) is 11.8 Å². The zero-order valence-electron chi connectivity index (χ0n) is 11.9. The second-order valence-electron chi connectivity index (χ2n) is 5.70. The van der Waals surface area contributed by atoms with E-state index >= 15 is 0 Å². The topological polar surface area (TPSA) is 71.5 Å². The molecule has 2 N–H and O–H groups in total. The lowest BCUT2D eigenvalue weighted by Gasteiger charge is -2.26. The summed E-state index contributed by atoms with van der Waals surface area (Å²) in [5, 5.41) is 13.6. The van der Waals surface area contributed by atoms with Crippen LogP contribution in [0.1, 0.15) is 19.8 Å². The maximum atomic E-state index is 11.5. The summed E-state index contributed by atoms with van der Waals surface area (Å²) < 4.78 is 5.69. The predicted molar refractivity (Wildman–Crippen MR) is 79.4 cm³/mol. The van der Waals surface area contributed by atoms with E-state index in [0.717, 1.165) is 23.7 Å². The molecule has 0 bridgehead atoms. The van der Waals surface area contributed by atoms with Gasteiger partial charge in [0.05, 0.1) is 5.52 Å². The lowest BCUT2D eigenvalue weighted by Crippen LogP contribution is -2.54. The van der Waals surface area contributed by atoms with Crippen molar-refractivity contribution < 1.29 is 14.6 Å². The molecule has 0 spiro atoms. The van der Waals surface area contributed by atoms with Gasteiger partial charge in [-0.3, -0.25) is 15.1 Å². The zero-order chi connectivity index (χ0) is 14.9. The second kappa shape index (κ2) is 5.33. The Labute approximate surface area is 123 Å². The Balaban J connectivity index is 1.73. The van der Waals surface area contributed by atoms with Crippen LogP contribution < -0.4 is 10.1 Å². The Hall–Kier alpha value is -2.14. The van der Waals surface area contributed by atoms with Gasteiger partial charge in [-0.15, -0.1) is 0 Å². The van der Waals surface area contributed by atoms with E-state index in [-0.39, 0.29) is 6.61 Å². The quantitative estimate of drug-likeness (QED) is 0.852. The maximum absolute atomic E-state index is 11.5. The SMILES string of the molecule is CC(COc1ccc2cccnc2c1)(NC1CC1)C(=O)O. The Morgan fingerprint density at radius 1 is 1.48 bits per heavy atom. The van der Waals surface area contributed by atoms with Crippen LogP contribution in [-0.4, -0.2) is 34.2 Å². The number of carboxylic acid groups (broad SMARTS) is 1. The van der Waals surface area contributed by atoms with Gasteiger partial charge in [0.1, 0.15) is 17.9 Å². The molecule has 1 atom stereocenters. The number of ether oxygens (including phenoxy) is 1. The van der Waals surface area contributed by atoms with E-state index in [9.17, 15) is 9.90 Å². The number of nitrogens with zero attached hydrogens (tertiary/aromatic N) is 1. The molecule has 0 radical (unpaired) electrons. The fourth-order valence-corrected chi connectivity index (χ4v) is 2.21. The van der Waals surface area contributed by atoms with Gasteiger partial charge in [0.15, 0.2) is 0 Å². The highest BCUT2D eigenvalue weighted by Gasteiger charge is 2.39. The molecule has 1 unspecified atom stereocenters. The molecule has 1 saturated carbocycles. The summed E-state index contributed by atoms with van der Waals surface area (Å²) in [6.45, 7) is 1.74. The minimum absolute atomic E-state index is 0.0805. The summed E-state index contributed by atoms with van der Waals surface area (Å²) in [6, 6.07) is 9.74. The third kappa shape index (κ3) is 3.13. The molecule has 1 heterocycles. The molecular weight excluding hydrogens is 268 g/mol. The fraction of sp³-hybridized carbons (Fsp3) is 0.375. The average molecular weight is 286 g/mol. The van der Waals surface area contributed by atoms with Crippen molar-refractivity contribution in [2.45, 2.75) is 31.3 Å². The number of aliphatic carboxylic acids is 1. The number of rotatable bonds is 6. The molecule has 3 rings (SSSR count). The molecule has 5 heteroatoms. The van der Waals surface area contributed by atoms with Crippen LogP contribution in [0.5, 0.6) is 5.75 Å². The molecule has 21 heavy (non-hydrogen) atoms. The first-order valence-corrected chi connectivity index (χ1v) is 7.05. The summed E-state index contributed by atoms with van der Waals surface area (Å²) in [7, 11) is 0. The largest absolute Gasteiger partial charge is 0.491 e. The normalized spacial score (nSPS) is 17.4. The van der Waals surface area contributed by atoms with Crippen LogP contribution >= 0.6 is 0 Å². The van der Waals surface area contributed by atoms with Crippen molar-refractivity contribution in [2.24, 2.45) is 0 Å². The number of hydrogen-bond acceptors (Lipinski definition) is 4. The molecule has 1 aromatic carbocycles. The number of fused-ring (bicyclic) bond motifs is 1. The standard InChI is InChI=1S/C16H18N2O3/c1-16(15(19)20,18-12-5-6-12)10-21-13-7-4-11-3-2-8-17-14(11)9-13/h2-4,7-9,12,18H,5-6,10H2,1H3,(H,19,20). The van der Waals surface area contributed by atoms with Gasteiger partial charge in [0.25, 0.3) is 0 Å². The van der Waals surface area contributed by atoms with E-state index < -0.39 is 11.5 Å². The third-order valence-corrected chi connectivity index (χ3v) is 3.68. The number of carboxylic acids is 1. The Morgan fingerprint density at radius 3 is 3.00 bits per heavy atom. The van der Waals surface area contributed by atoms with Gasteiger partial charge in [0.2, 0.25) is 0 Å². The molecule has 1 aromatic heterocycles. The van der Waals surface area contributed by atoms with E-state index in [1.54, 1.807) is 13.1 Å². The monoisotopic (exact) mass is 286 g/mol. The molecule has 110 valence electrons. The molecule has 1 aliphatic carbocycles. The lowest BCUT2D eigenvalue weighted by molar-refractivity contribution is -0.145. The zero-order valence-corrected chi connectivity index (χ0v) is 11.9. The lowest BCUT2D eigenvalue weighted by atomic mass is 10.0. The maximum Gasteiger partial charge on any atom is 0.327 e. The van der Waals surface area contributed by atoms with Gasteiger partial charge < -0.3 is 9.84 Å². The minimum Gasteiger partial charge on any atom is -0.491 e. The van der Waals surface area contributed by atoms with Crippen molar-refractivity contribution in [1.29, 1.82) is 0 Å². The molecule has 1 fully saturated rings. The number of hydrogen-bond donors (Lipinski definition) is 2. The van der Waals surface area contributed by atoms with Gasteiger partial charge in [-0.1, -0.05) is 6.07 Å². The van der Waals surface area contributed by atoms with Crippen LogP contribution in [0.3, 0.4) is 0 Å². The van der Waals surface area contributed by atoms with Gasteiger partial charge in [-0.05, 0) is 38.0 Å². The summed E-state index contributed by atoms with van der Waals surface area (Å²) in [4.78, 5) is 15.7. The Bertz CT molecular complexity index is 669. The average Bonchev–Trinajstić information content (AvgIpc) is 3.28. The Kier molecular flexibility index (Phi) is 3.51. The summed E-state index contributed by atoms with van der Waals surface area (Å²) in [5.41, 5.74) is -0.234. The number of pyridine rings is 1. The molecular formula is C16H18N2O3.